The minimum atomic E-state index is -1.22. The predicted octanol–water partition coefficient (Wildman–Crippen LogP) is 4.31. The van der Waals surface area contributed by atoms with Gasteiger partial charge >= 0.3 is 59.7 Å². The highest BCUT2D eigenvalue weighted by Crippen LogP contribution is 2.35. The first kappa shape index (κ1) is 58.7. The topological polar surface area (TPSA) is 263 Å². The van der Waals surface area contributed by atoms with Gasteiger partial charge in [0.25, 0.3) is 0 Å². The molecule has 0 aromatic rings. The summed E-state index contributed by atoms with van der Waals surface area (Å²) in [6.45, 7) is 19.5. The number of esters is 10. The van der Waals surface area contributed by atoms with E-state index in [0.29, 0.717) is 0 Å². The number of carbonyl (C=O) groups is 10. The van der Waals surface area contributed by atoms with Crippen LogP contribution in [0.5, 0.6) is 0 Å². The first-order valence-electron chi connectivity index (χ1n) is 21.2. The van der Waals surface area contributed by atoms with Crippen LogP contribution in [0.3, 0.4) is 0 Å². The molecule has 0 radical (unpaired) electrons. The van der Waals surface area contributed by atoms with E-state index in [1.165, 1.54) is 27.7 Å². The van der Waals surface area contributed by atoms with Crippen LogP contribution < -0.4 is 0 Å². The van der Waals surface area contributed by atoms with Crippen LogP contribution in [0.25, 0.3) is 0 Å². The van der Waals surface area contributed by atoms with Crippen molar-refractivity contribution < 1.29 is 95.3 Å². The average molecular weight is 919 g/mol. The van der Waals surface area contributed by atoms with Crippen molar-refractivity contribution >= 4 is 59.7 Å². The van der Waals surface area contributed by atoms with Crippen molar-refractivity contribution in [2.24, 2.45) is 29.6 Å². The Morgan fingerprint density at radius 1 is 0.328 bits per heavy atom. The molecule has 0 aliphatic heterocycles. The maximum absolute atomic E-state index is 12.8. The molecule has 20 heteroatoms. The summed E-state index contributed by atoms with van der Waals surface area (Å²) in [7, 11) is 0. The molecule has 0 aliphatic carbocycles. The molecule has 0 heterocycles. The maximum atomic E-state index is 12.8. The predicted molar refractivity (Wildman–Crippen MR) is 222 cm³/mol. The Morgan fingerprint density at radius 3 is 1.02 bits per heavy atom. The second-order valence-electron chi connectivity index (χ2n) is 16.2. The van der Waals surface area contributed by atoms with Crippen LogP contribution in [0.1, 0.15) is 130 Å². The van der Waals surface area contributed by atoms with Crippen molar-refractivity contribution in [3.05, 3.63) is 0 Å². The quantitative estimate of drug-likeness (QED) is 0.0782. The third-order valence-electron chi connectivity index (χ3n) is 10.2. The summed E-state index contributed by atoms with van der Waals surface area (Å²) in [4.78, 5) is 123. The van der Waals surface area contributed by atoms with Crippen LogP contribution in [-0.4, -0.2) is 122 Å². The van der Waals surface area contributed by atoms with Crippen LogP contribution >= 0.6 is 0 Å². The molecule has 0 bridgehead atoms. The summed E-state index contributed by atoms with van der Waals surface area (Å²) in [5.41, 5.74) is 0. The molecule has 0 aliphatic rings. The monoisotopic (exact) mass is 918 g/mol. The molecule has 64 heavy (non-hydrogen) atoms. The highest BCUT2D eigenvalue weighted by molar-refractivity contribution is 5.69. The summed E-state index contributed by atoms with van der Waals surface area (Å²) < 4.78 is 55.9. The molecule has 0 aromatic heterocycles. The van der Waals surface area contributed by atoms with Gasteiger partial charge in [-0.2, -0.15) is 0 Å². The van der Waals surface area contributed by atoms with Crippen molar-refractivity contribution in [3.8, 4) is 0 Å². The van der Waals surface area contributed by atoms with Gasteiger partial charge in [0.2, 0.25) is 0 Å². The summed E-state index contributed by atoms with van der Waals surface area (Å²) in [5, 5.41) is 0. The number of carbonyl (C=O) groups excluding carboxylic acids is 10. The fourth-order valence-corrected chi connectivity index (χ4v) is 7.62. The van der Waals surface area contributed by atoms with E-state index >= 15 is 0 Å². The Labute approximate surface area is 375 Å². The molecular formula is C44H70O20. The van der Waals surface area contributed by atoms with Gasteiger partial charge in [0.05, 0.1) is 13.2 Å². The van der Waals surface area contributed by atoms with E-state index in [2.05, 4.69) is 0 Å². The van der Waals surface area contributed by atoms with Crippen LogP contribution in [0.15, 0.2) is 0 Å². The van der Waals surface area contributed by atoms with Gasteiger partial charge in [-0.3, -0.25) is 47.9 Å². The Kier molecular flexibility index (Phi) is 26.8. The fraction of sp³-hybridized carbons (Fsp3) is 0.773. The van der Waals surface area contributed by atoms with Crippen LogP contribution in [-0.2, 0) is 95.3 Å². The van der Waals surface area contributed by atoms with E-state index in [-0.39, 0.29) is 38.9 Å². The lowest BCUT2D eigenvalue weighted by molar-refractivity contribution is -0.177. The number of hydrogen-bond acceptors (Lipinski definition) is 20. The normalized spacial score (nSPS) is 17.2. The molecule has 0 amide bonds. The number of ether oxygens (including phenoxy) is 10. The molecule has 13 unspecified atom stereocenters. The van der Waals surface area contributed by atoms with Crippen molar-refractivity contribution in [2.75, 3.05) is 13.2 Å². The van der Waals surface area contributed by atoms with Gasteiger partial charge in [-0.15, -0.1) is 0 Å². The largest absolute Gasteiger partial charge is 0.466 e. The van der Waals surface area contributed by atoms with Gasteiger partial charge in [0, 0.05) is 125 Å². The molecule has 0 saturated carbocycles. The zero-order chi connectivity index (χ0) is 49.6. The van der Waals surface area contributed by atoms with E-state index in [4.69, 9.17) is 47.4 Å². The minimum absolute atomic E-state index is 0.0403. The van der Waals surface area contributed by atoms with Gasteiger partial charge in [0.1, 0.15) is 48.8 Å². The number of rotatable bonds is 28. The van der Waals surface area contributed by atoms with E-state index in [0.717, 1.165) is 41.5 Å². The summed E-state index contributed by atoms with van der Waals surface area (Å²) in [6, 6.07) is 0. The summed E-state index contributed by atoms with van der Waals surface area (Å²) >= 11 is 0. The van der Waals surface area contributed by atoms with E-state index < -0.39 is 138 Å². The molecule has 0 spiro atoms. The Bertz CT molecular complexity index is 1590. The van der Waals surface area contributed by atoms with Crippen LogP contribution in [0.2, 0.25) is 0 Å². The molecule has 0 fully saturated rings. The SMILES string of the molecule is CC(=O)OCCC(CC(CC(OC(C)=O)C(C)C(OC(C)=O)C(C)C(CC(OC(C)=O)C(C)C(OC(C)=O)C(C)C(OC(C)=O)C(C)COC(C)=O)OC(C)=O)OC(C)=O)OC(C)=O. The van der Waals surface area contributed by atoms with Crippen molar-refractivity contribution in [2.45, 2.75) is 178 Å². The molecule has 0 N–H and O–H groups in total. The second kappa shape index (κ2) is 29.2. The van der Waals surface area contributed by atoms with Crippen molar-refractivity contribution in [1.82, 2.24) is 0 Å². The lowest BCUT2D eigenvalue weighted by Crippen LogP contribution is -2.49. The highest BCUT2D eigenvalue weighted by atomic mass is 16.6. The first-order chi connectivity index (χ1) is 29.5. The van der Waals surface area contributed by atoms with E-state index in [1.807, 2.05) is 0 Å². The fourth-order valence-electron chi connectivity index (χ4n) is 7.62. The third-order valence-corrected chi connectivity index (χ3v) is 10.2. The van der Waals surface area contributed by atoms with Gasteiger partial charge in [0.15, 0.2) is 0 Å². The molecule has 0 rings (SSSR count). The molecule has 366 valence electrons. The zero-order valence-corrected chi connectivity index (χ0v) is 39.9. The van der Waals surface area contributed by atoms with Gasteiger partial charge < -0.3 is 47.4 Å². The van der Waals surface area contributed by atoms with E-state index in [1.54, 1.807) is 34.6 Å². The van der Waals surface area contributed by atoms with Crippen molar-refractivity contribution in [3.63, 3.8) is 0 Å². The highest BCUT2D eigenvalue weighted by Gasteiger charge is 2.45. The lowest BCUT2D eigenvalue weighted by Gasteiger charge is -2.41. The minimum Gasteiger partial charge on any atom is -0.466 e. The van der Waals surface area contributed by atoms with Crippen LogP contribution in [0, 0.1) is 29.6 Å². The van der Waals surface area contributed by atoms with Crippen molar-refractivity contribution in [1.29, 1.82) is 0 Å². The summed E-state index contributed by atoms with van der Waals surface area (Å²) in [5.74, 6) is -11.1. The van der Waals surface area contributed by atoms with Gasteiger partial charge in [-0.05, 0) is 0 Å². The molecule has 13 atom stereocenters. The van der Waals surface area contributed by atoms with Gasteiger partial charge in [-0.25, -0.2) is 0 Å². The van der Waals surface area contributed by atoms with Gasteiger partial charge in [-0.1, -0.05) is 34.6 Å². The lowest BCUT2D eigenvalue weighted by atomic mass is 9.78. The molecule has 0 saturated heterocycles. The average Bonchev–Trinajstić information content (AvgIpc) is 3.13. The zero-order valence-electron chi connectivity index (χ0n) is 39.9. The Hall–Kier alpha value is -5.30. The Morgan fingerprint density at radius 2 is 0.656 bits per heavy atom. The molecule has 0 aromatic carbocycles. The number of hydrogen-bond donors (Lipinski definition) is 0. The maximum Gasteiger partial charge on any atom is 0.302 e. The second-order valence-corrected chi connectivity index (χ2v) is 16.2. The Balaban J connectivity index is 7.31. The molecular weight excluding hydrogens is 848 g/mol. The smallest absolute Gasteiger partial charge is 0.302 e. The molecule has 20 nitrogen and oxygen atoms in total. The summed E-state index contributed by atoms with van der Waals surface area (Å²) in [6.07, 6.45) is -9.41. The third kappa shape index (κ3) is 24.0. The first-order valence-corrected chi connectivity index (χ1v) is 21.2. The standard InChI is InChI=1S/C44H70O20/c1-22(21-56-28(7)46)42(62-34(13)52)26(5)44(64-36(15)54)25(4)41(61-33(12)51)20-40(60-32(11)50)24(3)43(63-35(14)53)23(2)39(59-31(10)49)19-38(58-30(9)48)18-37(57-29(8)47)16-17-55-27(6)45/h22-26,37-44H,16-21H2,1-15H3. The van der Waals surface area contributed by atoms with Crippen LogP contribution in [0.4, 0.5) is 0 Å². The van der Waals surface area contributed by atoms with E-state index in [9.17, 15) is 47.9 Å².